The summed E-state index contributed by atoms with van der Waals surface area (Å²) in [6, 6.07) is 52.1. The Morgan fingerprint density at radius 2 is 0.960 bits per heavy atom. The Bertz CT molecular complexity index is 2810. The number of benzene rings is 6. The van der Waals surface area contributed by atoms with Crippen molar-refractivity contribution in [3.8, 4) is 56.8 Å². The Labute approximate surface area is 295 Å². The van der Waals surface area contributed by atoms with E-state index in [2.05, 4.69) is 84.9 Å². The van der Waals surface area contributed by atoms with Crippen molar-refractivity contribution in [3.05, 3.63) is 152 Å². The van der Waals surface area contributed by atoms with E-state index in [1.165, 1.54) is 9.40 Å². The van der Waals surface area contributed by atoms with Crippen LogP contribution in [0.3, 0.4) is 0 Å². The predicted octanol–water partition coefficient (Wildman–Crippen LogP) is 11.7. The first-order valence-electron chi connectivity index (χ1n) is 16.3. The van der Waals surface area contributed by atoms with E-state index in [1.807, 2.05) is 66.7 Å². The Balaban J connectivity index is 1.16. The molecule has 0 aliphatic rings. The fourth-order valence-corrected chi connectivity index (χ4v) is 8.92. The number of nitrogens with zero attached hydrogens (tertiary/aromatic N) is 5. The molecule has 0 radical (unpaired) electrons. The van der Waals surface area contributed by atoms with Gasteiger partial charge in [0.1, 0.15) is 0 Å². The first kappa shape index (κ1) is 28.8. The fourth-order valence-electron chi connectivity index (χ4n) is 6.59. The van der Waals surface area contributed by atoms with Gasteiger partial charge in [-0.25, -0.2) is 24.9 Å². The summed E-state index contributed by atoms with van der Waals surface area (Å²) in [6.45, 7) is 0. The number of thiophene rings is 2. The van der Waals surface area contributed by atoms with Gasteiger partial charge in [0, 0.05) is 58.1 Å². The number of rotatable bonds is 5. The molecule has 0 bridgehead atoms. The summed E-state index contributed by atoms with van der Waals surface area (Å²) >= 11 is 3.52. The van der Waals surface area contributed by atoms with Gasteiger partial charge in [-0.3, -0.25) is 0 Å². The predicted molar refractivity (Wildman–Crippen MR) is 208 cm³/mol. The maximum Gasteiger partial charge on any atom is 0.164 e. The first-order valence-corrected chi connectivity index (χ1v) is 18.0. The molecule has 5 nitrogen and oxygen atoms in total. The normalized spacial score (nSPS) is 11.6. The molecule has 7 heteroatoms. The topological polar surface area (TPSA) is 64.5 Å². The summed E-state index contributed by atoms with van der Waals surface area (Å²) in [5.41, 5.74) is 6.90. The van der Waals surface area contributed by atoms with Crippen LogP contribution in [0.25, 0.3) is 97.3 Å². The second-order valence-corrected chi connectivity index (χ2v) is 14.2. The van der Waals surface area contributed by atoms with Gasteiger partial charge >= 0.3 is 0 Å². The number of hydrogen-bond acceptors (Lipinski definition) is 7. The Morgan fingerprint density at radius 3 is 1.66 bits per heavy atom. The molecule has 0 N–H and O–H groups in total. The first-order chi connectivity index (χ1) is 24.8. The molecule has 4 aromatic heterocycles. The lowest BCUT2D eigenvalue weighted by molar-refractivity contribution is 1.07. The van der Waals surface area contributed by atoms with Crippen LogP contribution in [0, 0.1) is 0 Å². The standard InChI is InChI=1S/C43H25N5S2/c1-4-13-26(14-5-1)37-39-38(31-19-10-11-21-33(31)50-39)45-43(44-37)32-20-12-22-34-36(32)30-24-23-29(25-35(30)49-34)42-47-40(27-15-6-2-7-16-27)46-41(48-42)28-17-8-3-9-18-28/h1-25H. The Kier molecular flexibility index (Phi) is 6.79. The highest BCUT2D eigenvalue weighted by molar-refractivity contribution is 7.26. The van der Waals surface area contributed by atoms with Gasteiger partial charge < -0.3 is 0 Å². The van der Waals surface area contributed by atoms with Crippen LogP contribution in [-0.2, 0) is 0 Å². The van der Waals surface area contributed by atoms with E-state index in [1.54, 1.807) is 22.7 Å². The fraction of sp³-hybridized carbons (Fsp3) is 0. The minimum absolute atomic E-state index is 0.642. The maximum atomic E-state index is 5.29. The third kappa shape index (κ3) is 4.86. The quantitative estimate of drug-likeness (QED) is 0.182. The molecule has 0 fully saturated rings. The Hall–Kier alpha value is -6.15. The van der Waals surface area contributed by atoms with Crippen LogP contribution in [-0.4, -0.2) is 24.9 Å². The molecule has 0 saturated carbocycles. The smallest absolute Gasteiger partial charge is 0.164 e. The molecule has 0 spiro atoms. The van der Waals surface area contributed by atoms with Gasteiger partial charge in [0.2, 0.25) is 0 Å². The van der Waals surface area contributed by atoms with Crippen LogP contribution in [0.4, 0.5) is 0 Å². The summed E-state index contributed by atoms with van der Waals surface area (Å²) in [6.07, 6.45) is 0. The van der Waals surface area contributed by atoms with E-state index < -0.39 is 0 Å². The summed E-state index contributed by atoms with van der Waals surface area (Å²) in [5, 5.41) is 3.47. The number of fused-ring (bicyclic) bond motifs is 6. The highest BCUT2D eigenvalue weighted by atomic mass is 32.1. The zero-order valence-corrected chi connectivity index (χ0v) is 28.1. The van der Waals surface area contributed by atoms with Crippen molar-refractivity contribution in [3.63, 3.8) is 0 Å². The molecule has 10 rings (SSSR count). The van der Waals surface area contributed by atoms with Gasteiger partial charge in [-0.2, -0.15) is 0 Å². The van der Waals surface area contributed by atoms with Crippen molar-refractivity contribution in [1.82, 2.24) is 24.9 Å². The lowest BCUT2D eigenvalue weighted by Gasteiger charge is -2.09. The van der Waals surface area contributed by atoms with Gasteiger partial charge in [-0.05, 0) is 18.2 Å². The highest BCUT2D eigenvalue weighted by Crippen LogP contribution is 2.43. The van der Waals surface area contributed by atoms with Crippen LogP contribution in [0.2, 0.25) is 0 Å². The van der Waals surface area contributed by atoms with Gasteiger partial charge in [0.15, 0.2) is 23.3 Å². The van der Waals surface area contributed by atoms with E-state index >= 15 is 0 Å². The van der Waals surface area contributed by atoms with E-state index in [0.717, 1.165) is 70.4 Å². The zero-order valence-electron chi connectivity index (χ0n) is 26.5. The largest absolute Gasteiger partial charge is 0.226 e. The number of aromatic nitrogens is 5. The van der Waals surface area contributed by atoms with Crippen LogP contribution in [0.1, 0.15) is 0 Å². The molecule has 0 aliphatic carbocycles. The van der Waals surface area contributed by atoms with E-state index in [4.69, 9.17) is 24.9 Å². The molecule has 10 aromatic rings. The van der Waals surface area contributed by atoms with Gasteiger partial charge in [-0.1, -0.05) is 133 Å². The molecule has 0 unspecified atom stereocenters. The minimum Gasteiger partial charge on any atom is -0.226 e. The molecular weight excluding hydrogens is 651 g/mol. The van der Waals surface area contributed by atoms with Crippen LogP contribution < -0.4 is 0 Å². The Morgan fingerprint density at radius 1 is 0.360 bits per heavy atom. The van der Waals surface area contributed by atoms with Gasteiger partial charge in [-0.15, -0.1) is 22.7 Å². The van der Waals surface area contributed by atoms with Crippen LogP contribution in [0.5, 0.6) is 0 Å². The summed E-state index contributed by atoms with van der Waals surface area (Å²) in [4.78, 5) is 25.4. The van der Waals surface area contributed by atoms with E-state index in [-0.39, 0.29) is 0 Å². The molecule has 6 aromatic carbocycles. The van der Waals surface area contributed by atoms with Crippen molar-refractivity contribution < 1.29 is 0 Å². The van der Waals surface area contributed by atoms with Crippen molar-refractivity contribution in [2.45, 2.75) is 0 Å². The third-order valence-corrected chi connectivity index (χ3v) is 11.2. The molecule has 50 heavy (non-hydrogen) atoms. The molecular formula is C43H25N5S2. The lowest BCUT2D eigenvalue weighted by Crippen LogP contribution is -2.00. The van der Waals surface area contributed by atoms with Crippen molar-refractivity contribution in [2.75, 3.05) is 0 Å². The highest BCUT2D eigenvalue weighted by Gasteiger charge is 2.20. The average molecular weight is 676 g/mol. The molecule has 0 amide bonds. The lowest BCUT2D eigenvalue weighted by atomic mass is 10.0. The maximum absolute atomic E-state index is 5.29. The zero-order chi connectivity index (χ0) is 33.0. The molecule has 0 atom stereocenters. The molecule has 0 saturated heterocycles. The van der Waals surface area contributed by atoms with Crippen molar-refractivity contribution in [2.24, 2.45) is 0 Å². The number of hydrogen-bond donors (Lipinski definition) is 0. The van der Waals surface area contributed by atoms with Gasteiger partial charge in [0.05, 0.1) is 15.9 Å². The summed E-state index contributed by atoms with van der Waals surface area (Å²) in [7, 11) is 0. The molecule has 4 heterocycles. The SMILES string of the molecule is c1ccc(-c2nc(-c3ccccc3)nc(-c3ccc4c(c3)sc3cccc(-c5nc(-c6ccccc6)c6sc7ccccc7c6n5)c34)n2)cc1. The van der Waals surface area contributed by atoms with Crippen molar-refractivity contribution in [1.29, 1.82) is 0 Å². The van der Waals surface area contributed by atoms with Gasteiger partial charge in [0.25, 0.3) is 0 Å². The van der Waals surface area contributed by atoms with Crippen LogP contribution in [0.15, 0.2) is 152 Å². The minimum atomic E-state index is 0.642. The second kappa shape index (κ2) is 11.8. The van der Waals surface area contributed by atoms with E-state index in [9.17, 15) is 0 Å². The van der Waals surface area contributed by atoms with E-state index in [0.29, 0.717) is 17.5 Å². The van der Waals surface area contributed by atoms with Crippen molar-refractivity contribution >= 4 is 63.1 Å². The third-order valence-electron chi connectivity index (χ3n) is 8.96. The average Bonchev–Trinajstić information content (AvgIpc) is 3.76. The second-order valence-electron chi connectivity index (χ2n) is 12.1. The van der Waals surface area contributed by atoms with Crippen LogP contribution >= 0.6 is 22.7 Å². The molecule has 234 valence electrons. The summed E-state index contributed by atoms with van der Waals surface area (Å²) in [5.74, 6) is 2.67. The molecule has 0 aliphatic heterocycles. The monoisotopic (exact) mass is 675 g/mol. The summed E-state index contributed by atoms with van der Waals surface area (Å²) < 4.78 is 4.65.